The van der Waals surface area contributed by atoms with Crippen LogP contribution in [-0.4, -0.2) is 25.8 Å². The monoisotopic (exact) mass is 326 g/mol. The first-order valence-corrected chi connectivity index (χ1v) is 7.81. The van der Waals surface area contributed by atoms with Crippen LogP contribution in [0.25, 0.3) is 0 Å². The van der Waals surface area contributed by atoms with E-state index in [2.05, 4.69) is 9.99 Å². The van der Waals surface area contributed by atoms with E-state index < -0.39 is 0 Å². The summed E-state index contributed by atoms with van der Waals surface area (Å²) in [4.78, 5) is 18.5. The van der Waals surface area contributed by atoms with Gasteiger partial charge in [-0.3, -0.25) is 4.79 Å². The quantitative estimate of drug-likeness (QED) is 0.577. The average molecular weight is 326 g/mol. The molecule has 126 valence electrons. The molecule has 24 heavy (non-hydrogen) atoms. The number of para-hydroxylation sites is 2. The number of nitrogens with zero attached hydrogens (tertiary/aromatic N) is 2. The third-order valence-corrected chi connectivity index (χ3v) is 3.61. The molecule has 0 atom stereocenters. The zero-order chi connectivity index (χ0) is 17.4. The van der Waals surface area contributed by atoms with Crippen LogP contribution < -0.4 is 9.64 Å². The van der Waals surface area contributed by atoms with Crippen molar-refractivity contribution in [1.29, 1.82) is 0 Å². The predicted molar refractivity (Wildman–Crippen MR) is 95.5 cm³/mol. The molecule has 5 nitrogen and oxygen atoms in total. The van der Waals surface area contributed by atoms with Crippen molar-refractivity contribution in [2.45, 2.75) is 20.5 Å². The molecule has 2 aromatic rings. The first-order valence-electron chi connectivity index (χ1n) is 7.81. The van der Waals surface area contributed by atoms with Crippen molar-refractivity contribution in [3.63, 3.8) is 0 Å². The molecule has 0 bridgehead atoms. The van der Waals surface area contributed by atoms with E-state index >= 15 is 0 Å². The Morgan fingerprint density at radius 3 is 2.58 bits per heavy atom. The highest BCUT2D eigenvalue weighted by Crippen LogP contribution is 2.24. The zero-order valence-electron chi connectivity index (χ0n) is 14.2. The second-order valence-corrected chi connectivity index (χ2v) is 5.18. The molecule has 0 aliphatic carbocycles. The minimum atomic E-state index is -0.234. The van der Waals surface area contributed by atoms with E-state index in [1.54, 1.807) is 4.90 Å². The van der Waals surface area contributed by atoms with Crippen LogP contribution in [0.5, 0.6) is 5.75 Å². The van der Waals surface area contributed by atoms with E-state index in [0.717, 1.165) is 22.6 Å². The van der Waals surface area contributed by atoms with Gasteiger partial charge in [-0.1, -0.05) is 41.6 Å². The maximum absolute atomic E-state index is 12.3. The summed E-state index contributed by atoms with van der Waals surface area (Å²) in [5.41, 5.74) is 2.81. The molecule has 5 heteroatoms. The highest BCUT2D eigenvalue weighted by Gasteiger charge is 2.16. The highest BCUT2D eigenvalue weighted by atomic mass is 16.6. The van der Waals surface area contributed by atoms with Crippen LogP contribution in [0.4, 0.5) is 5.69 Å². The van der Waals surface area contributed by atoms with E-state index in [0.29, 0.717) is 13.2 Å². The summed E-state index contributed by atoms with van der Waals surface area (Å²) in [5.74, 6) is 0.602. The standard InChI is InChI=1S/C19H22N2O3/c1-4-21(19(22)13-20-23-3)17-11-7-6-10-16(17)14-24-18-12-8-5-9-15(18)2/h5-13H,4,14H2,1-3H3. The summed E-state index contributed by atoms with van der Waals surface area (Å²) in [6.07, 6.45) is 1.17. The van der Waals surface area contributed by atoms with Crippen LogP contribution in [0.3, 0.4) is 0 Å². The lowest BCUT2D eigenvalue weighted by atomic mass is 10.1. The molecule has 0 aliphatic rings. The molecule has 0 fully saturated rings. The third kappa shape index (κ3) is 4.35. The van der Waals surface area contributed by atoms with Crippen LogP contribution in [0.2, 0.25) is 0 Å². The Balaban J connectivity index is 2.21. The smallest absolute Gasteiger partial charge is 0.272 e. The molecular formula is C19H22N2O3. The first-order chi connectivity index (χ1) is 11.7. The average Bonchev–Trinajstić information content (AvgIpc) is 2.61. The fraction of sp³-hybridized carbons (Fsp3) is 0.263. The van der Waals surface area contributed by atoms with E-state index in [1.165, 1.54) is 13.3 Å². The topological polar surface area (TPSA) is 51.1 Å². The van der Waals surface area contributed by atoms with Crippen molar-refractivity contribution in [3.8, 4) is 5.75 Å². The van der Waals surface area contributed by atoms with Gasteiger partial charge < -0.3 is 14.5 Å². The summed E-state index contributed by atoms with van der Waals surface area (Å²) in [6.45, 7) is 4.82. The summed E-state index contributed by atoms with van der Waals surface area (Å²) < 4.78 is 5.92. The lowest BCUT2D eigenvalue weighted by molar-refractivity contribution is -0.112. The minimum Gasteiger partial charge on any atom is -0.489 e. The molecule has 0 radical (unpaired) electrons. The highest BCUT2D eigenvalue weighted by molar-refractivity contribution is 6.32. The second kappa shape index (κ2) is 8.72. The zero-order valence-corrected chi connectivity index (χ0v) is 14.2. The number of carbonyl (C=O) groups is 1. The first kappa shape index (κ1) is 17.5. The number of anilines is 1. The molecule has 0 aromatic heterocycles. The van der Waals surface area contributed by atoms with Crippen molar-refractivity contribution < 1.29 is 14.4 Å². The maximum atomic E-state index is 12.3. The molecular weight excluding hydrogens is 304 g/mol. The lowest BCUT2D eigenvalue weighted by Gasteiger charge is -2.22. The molecule has 0 N–H and O–H groups in total. The van der Waals surface area contributed by atoms with Gasteiger partial charge in [0.1, 0.15) is 25.7 Å². The number of benzene rings is 2. The fourth-order valence-corrected chi connectivity index (χ4v) is 2.38. The summed E-state index contributed by atoms with van der Waals surface area (Å²) >= 11 is 0. The Morgan fingerprint density at radius 1 is 1.17 bits per heavy atom. The Morgan fingerprint density at radius 2 is 1.88 bits per heavy atom. The Hall–Kier alpha value is -2.82. The number of rotatable bonds is 7. The minimum absolute atomic E-state index is 0.234. The van der Waals surface area contributed by atoms with Crippen molar-refractivity contribution in [2.75, 3.05) is 18.6 Å². The van der Waals surface area contributed by atoms with Crippen molar-refractivity contribution >= 4 is 17.8 Å². The van der Waals surface area contributed by atoms with Gasteiger partial charge in [-0.25, -0.2) is 0 Å². The van der Waals surface area contributed by atoms with Crippen molar-refractivity contribution in [2.24, 2.45) is 5.16 Å². The number of carbonyl (C=O) groups excluding carboxylic acids is 1. The second-order valence-electron chi connectivity index (χ2n) is 5.18. The largest absolute Gasteiger partial charge is 0.489 e. The molecule has 0 spiro atoms. The van der Waals surface area contributed by atoms with Crippen LogP contribution in [0, 0.1) is 6.92 Å². The van der Waals surface area contributed by atoms with Gasteiger partial charge >= 0.3 is 0 Å². The van der Waals surface area contributed by atoms with E-state index in [4.69, 9.17) is 4.74 Å². The number of aryl methyl sites for hydroxylation is 1. The third-order valence-electron chi connectivity index (χ3n) is 3.61. The summed E-state index contributed by atoms with van der Waals surface area (Å²) in [5, 5.41) is 3.55. The Kier molecular flexibility index (Phi) is 6.37. The van der Waals surface area contributed by atoms with Gasteiger partial charge in [-0.15, -0.1) is 0 Å². The number of ether oxygens (including phenoxy) is 1. The molecule has 0 aliphatic heterocycles. The van der Waals surface area contributed by atoms with Crippen LogP contribution in [0.15, 0.2) is 53.7 Å². The number of amides is 1. The number of oxime groups is 1. The molecule has 1 amide bonds. The maximum Gasteiger partial charge on any atom is 0.272 e. The van der Waals surface area contributed by atoms with Gasteiger partial charge in [0.25, 0.3) is 5.91 Å². The van der Waals surface area contributed by atoms with Crippen LogP contribution in [-0.2, 0) is 16.2 Å². The molecule has 0 saturated carbocycles. The Bertz CT molecular complexity index is 713. The molecule has 2 aromatic carbocycles. The number of hydrogen-bond acceptors (Lipinski definition) is 4. The summed E-state index contributed by atoms with van der Waals surface area (Å²) in [6, 6.07) is 15.5. The normalized spacial score (nSPS) is 10.6. The SMILES string of the molecule is CCN(C(=O)C=NOC)c1ccccc1COc1ccccc1C. The van der Waals surface area contributed by atoms with Crippen molar-refractivity contribution in [3.05, 3.63) is 59.7 Å². The van der Waals surface area contributed by atoms with Gasteiger partial charge in [-0.2, -0.15) is 0 Å². The lowest BCUT2D eigenvalue weighted by Crippen LogP contribution is -2.32. The summed E-state index contributed by atoms with van der Waals surface area (Å²) in [7, 11) is 1.41. The van der Waals surface area contributed by atoms with E-state index in [-0.39, 0.29) is 5.91 Å². The number of hydrogen-bond donors (Lipinski definition) is 0. The fourth-order valence-electron chi connectivity index (χ4n) is 2.38. The predicted octanol–water partition coefficient (Wildman–Crippen LogP) is 3.56. The van der Waals surface area contributed by atoms with Gasteiger partial charge in [0.15, 0.2) is 0 Å². The molecule has 2 rings (SSSR count). The van der Waals surface area contributed by atoms with Gasteiger partial charge in [0, 0.05) is 12.1 Å². The van der Waals surface area contributed by atoms with E-state index in [9.17, 15) is 4.79 Å². The van der Waals surface area contributed by atoms with E-state index in [1.807, 2.05) is 62.4 Å². The van der Waals surface area contributed by atoms with Crippen molar-refractivity contribution in [1.82, 2.24) is 0 Å². The van der Waals surface area contributed by atoms with Gasteiger partial charge in [0.2, 0.25) is 0 Å². The van der Waals surface area contributed by atoms with Crippen LogP contribution >= 0.6 is 0 Å². The van der Waals surface area contributed by atoms with Gasteiger partial charge in [0.05, 0.1) is 5.69 Å². The Labute approximate surface area is 142 Å². The molecule has 0 unspecified atom stereocenters. The van der Waals surface area contributed by atoms with Crippen LogP contribution in [0.1, 0.15) is 18.1 Å². The molecule has 0 saturated heterocycles. The molecule has 0 heterocycles. The van der Waals surface area contributed by atoms with Gasteiger partial charge in [-0.05, 0) is 31.5 Å².